The average molecular weight is 236 g/mol. The van der Waals surface area contributed by atoms with Crippen LogP contribution in [-0.2, 0) is 0 Å². The molecule has 0 bridgehead atoms. The molecule has 5 atom stereocenters. The zero-order valence-electron chi connectivity index (χ0n) is 13.0. The minimum Gasteiger partial charge on any atom is -0.0822 e. The number of hydrogen-bond acceptors (Lipinski definition) is 0. The lowest BCUT2D eigenvalue weighted by Crippen LogP contribution is -2.31. The van der Waals surface area contributed by atoms with Crippen LogP contribution in [-0.4, -0.2) is 0 Å². The van der Waals surface area contributed by atoms with E-state index < -0.39 is 0 Å². The first kappa shape index (κ1) is 14.8. The van der Waals surface area contributed by atoms with Crippen LogP contribution in [0.4, 0.5) is 0 Å². The van der Waals surface area contributed by atoms with E-state index in [9.17, 15) is 0 Å². The van der Waals surface area contributed by atoms with Crippen molar-refractivity contribution in [3.05, 3.63) is 11.6 Å². The lowest BCUT2D eigenvalue weighted by Gasteiger charge is -2.37. The Labute approximate surface area is 109 Å². The minimum absolute atomic E-state index is 0.779. The molecule has 5 unspecified atom stereocenters. The van der Waals surface area contributed by atoms with Crippen molar-refractivity contribution in [2.24, 2.45) is 35.5 Å². The van der Waals surface area contributed by atoms with Crippen LogP contribution in [0.15, 0.2) is 11.6 Å². The van der Waals surface area contributed by atoms with Crippen LogP contribution in [0.1, 0.15) is 61.3 Å². The van der Waals surface area contributed by atoms with E-state index in [2.05, 4.69) is 54.5 Å². The summed E-state index contributed by atoms with van der Waals surface area (Å²) in [6.45, 7) is 16.8. The summed E-state index contributed by atoms with van der Waals surface area (Å²) < 4.78 is 0. The molecular formula is C17H32. The number of rotatable bonds is 5. The summed E-state index contributed by atoms with van der Waals surface area (Å²) in [6.07, 6.45) is 5.21. The normalized spacial score (nSPS) is 32.7. The molecule has 0 saturated heterocycles. The Balaban J connectivity index is 2.93. The van der Waals surface area contributed by atoms with E-state index in [4.69, 9.17) is 0 Å². The summed E-state index contributed by atoms with van der Waals surface area (Å²) in [7, 11) is 0. The van der Waals surface area contributed by atoms with E-state index in [0.717, 1.165) is 35.5 Å². The largest absolute Gasteiger partial charge is 0.0822 e. The van der Waals surface area contributed by atoms with Crippen molar-refractivity contribution in [2.45, 2.75) is 61.3 Å². The van der Waals surface area contributed by atoms with Gasteiger partial charge in [0.1, 0.15) is 0 Å². The molecule has 0 N–H and O–H groups in total. The summed E-state index contributed by atoms with van der Waals surface area (Å²) in [4.78, 5) is 0. The van der Waals surface area contributed by atoms with E-state index in [1.165, 1.54) is 12.8 Å². The monoisotopic (exact) mass is 236 g/mol. The van der Waals surface area contributed by atoms with Crippen molar-refractivity contribution in [3.63, 3.8) is 0 Å². The van der Waals surface area contributed by atoms with Gasteiger partial charge in [-0.25, -0.2) is 0 Å². The highest BCUT2D eigenvalue weighted by atomic mass is 14.4. The lowest BCUT2D eigenvalue weighted by molar-refractivity contribution is 0.132. The first-order chi connectivity index (χ1) is 7.93. The fraction of sp³-hybridized carbons (Fsp3) is 0.882. The van der Waals surface area contributed by atoms with Crippen molar-refractivity contribution < 1.29 is 0 Å². The SMILES string of the molecule is CCC(C)C(CC)C1C(C)C=C(C)C1C(C)C. The van der Waals surface area contributed by atoms with Gasteiger partial charge in [-0.2, -0.15) is 0 Å². The topological polar surface area (TPSA) is 0 Å². The second-order valence-corrected chi connectivity index (χ2v) is 6.57. The van der Waals surface area contributed by atoms with E-state index in [1.54, 1.807) is 5.57 Å². The molecule has 1 rings (SSSR count). The summed E-state index contributed by atoms with van der Waals surface area (Å²) >= 11 is 0. The molecule has 0 saturated carbocycles. The molecule has 0 heterocycles. The summed E-state index contributed by atoms with van der Waals surface area (Å²) in [5.74, 6) is 5.05. The standard InChI is InChI=1S/C17H32/c1-8-12(5)15(9-2)17-14(7)10-13(6)16(17)11(3)4/h10-12,14-17H,8-9H2,1-7H3. The van der Waals surface area contributed by atoms with Gasteiger partial charge in [0, 0.05) is 0 Å². The Morgan fingerprint density at radius 2 is 1.71 bits per heavy atom. The predicted octanol–water partition coefficient (Wildman–Crippen LogP) is 5.54. The molecule has 17 heavy (non-hydrogen) atoms. The van der Waals surface area contributed by atoms with Crippen LogP contribution in [0.3, 0.4) is 0 Å². The van der Waals surface area contributed by atoms with Gasteiger partial charge in [-0.3, -0.25) is 0 Å². The van der Waals surface area contributed by atoms with Gasteiger partial charge in [0.25, 0.3) is 0 Å². The van der Waals surface area contributed by atoms with Gasteiger partial charge in [0.15, 0.2) is 0 Å². The predicted molar refractivity (Wildman–Crippen MR) is 78.0 cm³/mol. The maximum atomic E-state index is 2.54. The molecule has 0 nitrogen and oxygen atoms in total. The van der Waals surface area contributed by atoms with Gasteiger partial charge in [-0.1, -0.05) is 66.0 Å². The summed E-state index contributed by atoms with van der Waals surface area (Å²) in [5, 5.41) is 0. The van der Waals surface area contributed by atoms with Crippen LogP contribution in [0.25, 0.3) is 0 Å². The summed E-state index contributed by atoms with van der Waals surface area (Å²) in [6, 6.07) is 0. The van der Waals surface area contributed by atoms with Crippen LogP contribution in [0.5, 0.6) is 0 Å². The zero-order valence-corrected chi connectivity index (χ0v) is 13.0. The van der Waals surface area contributed by atoms with Gasteiger partial charge in [-0.15, -0.1) is 0 Å². The maximum absolute atomic E-state index is 2.54. The quantitative estimate of drug-likeness (QED) is 0.549. The second kappa shape index (κ2) is 6.07. The Bertz CT molecular complexity index is 261. The Morgan fingerprint density at radius 3 is 2.12 bits per heavy atom. The highest BCUT2D eigenvalue weighted by molar-refractivity contribution is 5.17. The van der Waals surface area contributed by atoms with Gasteiger partial charge in [-0.05, 0) is 42.4 Å². The fourth-order valence-electron chi connectivity index (χ4n) is 4.25. The number of hydrogen-bond donors (Lipinski definition) is 0. The first-order valence-corrected chi connectivity index (χ1v) is 7.62. The third-order valence-electron chi connectivity index (χ3n) is 5.13. The fourth-order valence-corrected chi connectivity index (χ4v) is 4.25. The molecular weight excluding hydrogens is 204 g/mol. The highest BCUT2D eigenvalue weighted by Crippen LogP contribution is 2.47. The Hall–Kier alpha value is -0.260. The smallest absolute Gasteiger partial charge is 0.0146 e. The molecule has 100 valence electrons. The molecule has 0 aromatic carbocycles. The third-order valence-corrected chi connectivity index (χ3v) is 5.13. The van der Waals surface area contributed by atoms with Gasteiger partial charge < -0.3 is 0 Å². The summed E-state index contributed by atoms with van der Waals surface area (Å²) in [5.41, 5.74) is 1.65. The first-order valence-electron chi connectivity index (χ1n) is 7.62. The molecule has 0 radical (unpaired) electrons. The van der Waals surface area contributed by atoms with Crippen molar-refractivity contribution >= 4 is 0 Å². The van der Waals surface area contributed by atoms with E-state index in [0.29, 0.717) is 0 Å². The molecule has 0 aromatic heterocycles. The number of allylic oxidation sites excluding steroid dienone is 2. The van der Waals surface area contributed by atoms with E-state index >= 15 is 0 Å². The second-order valence-electron chi connectivity index (χ2n) is 6.57. The van der Waals surface area contributed by atoms with Crippen molar-refractivity contribution in [1.82, 2.24) is 0 Å². The van der Waals surface area contributed by atoms with Crippen molar-refractivity contribution in [3.8, 4) is 0 Å². The van der Waals surface area contributed by atoms with Gasteiger partial charge >= 0.3 is 0 Å². The van der Waals surface area contributed by atoms with Gasteiger partial charge in [0.2, 0.25) is 0 Å². The lowest BCUT2D eigenvalue weighted by atomic mass is 9.67. The molecule has 0 aliphatic heterocycles. The van der Waals surface area contributed by atoms with Crippen LogP contribution >= 0.6 is 0 Å². The molecule has 1 aliphatic rings. The molecule has 0 spiro atoms. The van der Waals surface area contributed by atoms with Crippen LogP contribution in [0, 0.1) is 35.5 Å². The van der Waals surface area contributed by atoms with Crippen LogP contribution in [0.2, 0.25) is 0 Å². The highest BCUT2D eigenvalue weighted by Gasteiger charge is 2.40. The molecule has 0 heteroatoms. The molecule has 1 aliphatic carbocycles. The maximum Gasteiger partial charge on any atom is -0.0146 e. The molecule has 0 fully saturated rings. The van der Waals surface area contributed by atoms with E-state index in [1.807, 2.05) is 0 Å². The Kier molecular flexibility index (Phi) is 5.28. The molecule has 0 amide bonds. The van der Waals surface area contributed by atoms with Crippen molar-refractivity contribution in [1.29, 1.82) is 0 Å². The average Bonchev–Trinajstić information content (AvgIpc) is 2.55. The zero-order chi connectivity index (χ0) is 13.2. The van der Waals surface area contributed by atoms with E-state index in [-0.39, 0.29) is 0 Å². The van der Waals surface area contributed by atoms with Gasteiger partial charge in [0.05, 0.1) is 0 Å². The third kappa shape index (κ3) is 2.95. The van der Waals surface area contributed by atoms with Crippen molar-refractivity contribution in [2.75, 3.05) is 0 Å². The Morgan fingerprint density at radius 1 is 1.12 bits per heavy atom. The van der Waals surface area contributed by atoms with Crippen LogP contribution < -0.4 is 0 Å². The molecule has 0 aromatic rings. The minimum atomic E-state index is 0.779.